The van der Waals surface area contributed by atoms with E-state index >= 15 is 0 Å². The maximum Gasteiger partial charge on any atom is 0.490 e. The molecule has 2 heterocycles. The third-order valence-electron chi connectivity index (χ3n) is 5.58. The molecular weight excluding hydrogens is 674 g/mol. The molecule has 17 heteroatoms. The molecule has 1 aliphatic heterocycles. The molecule has 0 aliphatic carbocycles. The molecule has 1 aromatic heterocycles. The summed E-state index contributed by atoms with van der Waals surface area (Å²) in [6, 6.07) is 9.21. The van der Waals surface area contributed by atoms with Gasteiger partial charge in [0.1, 0.15) is 31.0 Å². The SMILES string of the molecule is N[C@@H](Cc1ccc(Cl)cc1)C(=O)OC[C@H]1O[C@@H](n2c(Br)nc3cc(Cl)c(Cl)cc32)[C@H](O)[C@@H]1O.O=C(O)C(F)(F)F. The van der Waals surface area contributed by atoms with Crippen molar-refractivity contribution >= 4 is 73.7 Å². The molecule has 0 bridgehead atoms. The summed E-state index contributed by atoms with van der Waals surface area (Å²) in [5, 5.41) is 29.4. The van der Waals surface area contributed by atoms with E-state index in [9.17, 15) is 28.2 Å². The normalized spacial score (nSPS) is 21.6. The molecule has 0 saturated carbocycles. The number of fused-ring (bicyclic) bond motifs is 1. The highest BCUT2D eigenvalue weighted by Gasteiger charge is 2.45. The van der Waals surface area contributed by atoms with Crippen LogP contribution in [0.2, 0.25) is 15.1 Å². The summed E-state index contributed by atoms with van der Waals surface area (Å²) >= 11 is 21.4. The smallest absolute Gasteiger partial charge is 0.475 e. The van der Waals surface area contributed by atoms with E-state index < -0.39 is 48.7 Å². The van der Waals surface area contributed by atoms with Crippen molar-refractivity contribution in [1.29, 1.82) is 0 Å². The van der Waals surface area contributed by atoms with Crippen LogP contribution in [0.15, 0.2) is 41.1 Å². The Balaban J connectivity index is 0.000000559. The molecule has 1 fully saturated rings. The number of carboxylic acids is 1. The van der Waals surface area contributed by atoms with Gasteiger partial charge in [-0.25, -0.2) is 9.78 Å². The first kappa shape index (κ1) is 32.3. The number of benzene rings is 2. The number of nitrogens with zero attached hydrogens (tertiary/aromatic N) is 2. The number of hydrogen-bond donors (Lipinski definition) is 4. The lowest BCUT2D eigenvalue weighted by Crippen LogP contribution is -2.38. The number of aliphatic carboxylic acids is 1. The Morgan fingerprint density at radius 2 is 1.70 bits per heavy atom. The van der Waals surface area contributed by atoms with Crippen molar-refractivity contribution in [3.05, 3.63) is 61.8 Å². The van der Waals surface area contributed by atoms with Crippen LogP contribution in [0.3, 0.4) is 0 Å². The number of hydrogen-bond acceptors (Lipinski definition) is 8. The fourth-order valence-corrected chi connectivity index (χ4v) is 4.64. The second kappa shape index (κ2) is 13.2. The van der Waals surface area contributed by atoms with E-state index in [0.29, 0.717) is 30.8 Å². The lowest BCUT2D eigenvalue weighted by Gasteiger charge is -2.18. The molecule has 218 valence electrons. The molecule has 3 aromatic rings. The molecule has 5 N–H and O–H groups in total. The minimum Gasteiger partial charge on any atom is -0.475 e. The van der Waals surface area contributed by atoms with Gasteiger partial charge in [-0.15, -0.1) is 0 Å². The molecular formula is C23H20BrCl3F3N3O7. The summed E-state index contributed by atoms with van der Waals surface area (Å²) in [7, 11) is 0. The van der Waals surface area contributed by atoms with E-state index in [0.717, 1.165) is 5.56 Å². The summed E-state index contributed by atoms with van der Waals surface area (Å²) in [5.41, 5.74) is 7.83. The van der Waals surface area contributed by atoms with Gasteiger partial charge >= 0.3 is 18.1 Å². The molecule has 4 rings (SSSR count). The van der Waals surface area contributed by atoms with Crippen LogP contribution in [-0.4, -0.2) is 73.9 Å². The Bertz CT molecular complexity index is 1380. The average molecular weight is 694 g/mol. The second-order valence-electron chi connectivity index (χ2n) is 8.42. The van der Waals surface area contributed by atoms with Gasteiger partial charge in [-0.1, -0.05) is 46.9 Å². The van der Waals surface area contributed by atoms with Gasteiger partial charge in [0.25, 0.3) is 0 Å². The first-order valence-corrected chi connectivity index (χ1v) is 13.0. The standard InChI is InChI=1S/C21H19BrCl3N3O5.C2HF3O2/c22-21-27-14-6-11(24)12(25)7-15(14)28(21)19-18(30)17(29)16(33-19)8-32-20(31)13(26)5-9-1-3-10(23)4-2-9;3-2(4,5)1(6)7/h1-4,6-7,13,16-19,29-30H,5,8,26H2;(H,6,7)/t13-,16+,17+,18+,19+;/m0./s1. The number of nitrogens with two attached hydrogens (primary N) is 1. The molecule has 0 amide bonds. The van der Waals surface area contributed by atoms with Gasteiger partial charge in [-0.2, -0.15) is 13.2 Å². The van der Waals surface area contributed by atoms with Crippen LogP contribution in [0.1, 0.15) is 11.8 Å². The predicted octanol–water partition coefficient (Wildman–Crippen LogP) is 4.12. The van der Waals surface area contributed by atoms with Crippen molar-refractivity contribution in [3.8, 4) is 0 Å². The van der Waals surface area contributed by atoms with Crippen molar-refractivity contribution in [1.82, 2.24) is 9.55 Å². The largest absolute Gasteiger partial charge is 0.490 e. The lowest BCUT2D eigenvalue weighted by molar-refractivity contribution is -0.192. The van der Waals surface area contributed by atoms with Gasteiger partial charge in [-0.05, 0) is 52.2 Å². The Morgan fingerprint density at radius 1 is 1.12 bits per heavy atom. The highest BCUT2D eigenvalue weighted by atomic mass is 79.9. The zero-order chi connectivity index (χ0) is 29.9. The number of imidazole rings is 1. The number of esters is 1. The van der Waals surface area contributed by atoms with Crippen molar-refractivity contribution in [2.24, 2.45) is 5.73 Å². The number of carboxylic acid groups (broad SMARTS) is 1. The van der Waals surface area contributed by atoms with E-state index in [2.05, 4.69) is 20.9 Å². The monoisotopic (exact) mass is 691 g/mol. The summed E-state index contributed by atoms with van der Waals surface area (Å²) in [6.45, 7) is -0.293. The van der Waals surface area contributed by atoms with Gasteiger partial charge < -0.3 is 30.5 Å². The van der Waals surface area contributed by atoms with Gasteiger partial charge in [0.2, 0.25) is 0 Å². The molecule has 0 radical (unpaired) electrons. The summed E-state index contributed by atoms with van der Waals surface area (Å²) in [4.78, 5) is 25.6. The van der Waals surface area contributed by atoms with Crippen LogP contribution in [-0.2, 0) is 25.5 Å². The topological polar surface area (TPSA) is 157 Å². The molecule has 5 atom stereocenters. The van der Waals surface area contributed by atoms with Crippen LogP contribution in [0.5, 0.6) is 0 Å². The van der Waals surface area contributed by atoms with Crippen LogP contribution < -0.4 is 5.73 Å². The Hall–Kier alpha value is -2.17. The Labute approximate surface area is 247 Å². The summed E-state index contributed by atoms with van der Waals surface area (Å²) in [6.07, 6.45) is -9.46. The third kappa shape index (κ3) is 7.76. The molecule has 1 saturated heterocycles. The maximum atomic E-state index is 12.3. The third-order valence-corrected chi connectivity index (χ3v) is 7.12. The highest BCUT2D eigenvalue weighted by Crippen LogP contribution is 2.37. The van der Waals surface area contributed by atoms with Crippen LogP contribution >= 0.6 is 50.7 Å². The number of carbonyl (C=O) groups is 2. The van der Waals surface area contributed by atoms with Gasteiger partial charge in [0.05, 0.1) is 21.1 Å². The first-order valence-electron chi connectivity index (χ1n) is 11.1. The van der Waals surface area contributed by atoms with Crippen LogP contribution in [0.4, 0.5) is 13.2 Å². The number of aromatic nitrogens is 2. The van der Waals surface area contributed by atoms with E-state index in [1.807, 2.05) is 0 Å². The van der Waals surface area contributed by atoms with Crippen molar-refractivity contribution in [2.45, 2.75) is 43.2 Å². The van der Waals surface area contributed by atoms with E-state index in [1.54, 1.807) is 41.0 Å². The van der Waals surface area contributed by atoms with Crippen molar-refractivity contribution in [3.63, 3.8) is 0 Å². The van der Waals surface area contributed by atoms with Crippen molar-refractivity contribution in [2.75, 3.05) is 6.61 Å². The molecule has 40 heavy (non-hydrogen) atoms. The van der Waals surface area contributed by atoms with E-state index in [4.69, 9.17) is 59.9 Å². The fourth-order valence-electron chi connectivity index (χ4n) is 3.61. The van der Waals surface area contributed by atoms with E-state index in [-0.39, 0.29) is 13.0 Å². The predicted molar refractivity (Wildman–Crippen MR) is 141 cm³/mol. The van der Waals surface area contributed by atoms with Crippen LogP contribution in [0, 0.1) is 0 Å². The number of alkyl halides is 3. The zero-order valence-electron chi connectivity index (χ0n) is 19.9. The van der Waals surface area contributed by atoms with Gasteiger partial charge in [0, 0.05) is 5.02 Å². The number of aliphatic hydroxyl groups excluding tert-OH is 2. The number of rotatable bonds is 6. The Morgan fingerprint density at radius 3 is 2.27 bits per heavy atom. The summed E-state index contributed by atoms with van der Waals surface area (Å²) < 4.78 is 44.7. The van der Waals surface area contributed by atoms with Crippen LogP contribution in [0.25, 0.3) is 11.0 Å². The highest BCUT2D eigenvalue weighted by molar-refractivity contribution is 9.10. The summed E-state index contributed by atoms with van der Waals surface area (Å²) in [5.74, 6) is -3.41. The van der Waals surface area contributed by atoms with Crippen molar-refractivity contribution < 1.29 is 47.6 Å². The number of halogens is 7. The minimum atomic E-state index is -5.08. The molecule has 0 spiro atoms. The molecule has 10 nitrogen and oxygen atoms in total. The molecule has 2 aromatic carbocycles. The number of carbonyl (C=O) groups excluding carboxylic acids is 1. The molecule has 1 aliphatic rings. The van der Waals surface area contributed by atoms with E-state index in [1.165, 1.54) is 0 Å². The lowest BCUT2D eigenvalue weighted by atomic mass is 10.1. The van der Waals surface area contributed by atoms with Gasteiger partial charge in [0.15, 0.2) is 11.0 Å². The average Bonchev–Trinajstić information content (AvgIpc) is 3.33. The fraction of sp³-hybridized carbons (Fsp3) is 0.348. The van der Waals surface area contributed by atoms with Gasteiger partial charge in [-0.3, -0.25) is 9.36 Å². The Kier molecular flexibility index (Phi) is 10.7. The zero-order valence-corrected chi connectivity index (χ0v) is 23.7. The first-order chi connectivity index (χ1) is 18.6. The minimum absolute atomic E-state index is 0.257. The second-order valence-corrected chi connectivity index (χ2v) is 10.4. The maximum absolute atomic E-state index is 12.3. The number of aliphatic hydroxyl groups is 2. The number of ether oxygens (including phenoxy) is 2. The quantitative estimate of drug-likeness (QED) is 0.279. The molecule has 0 unspecified atom stereocenters.